The van der Waals surface area contributed by atoms with Gasteiger partial charge in [0.25, 0.3) is 5.91 Å². The molecule has 0 spiro atoms. The van der Waals surface area contributed by atoms with Gasteiger partial charge in [-0.3, -0.25) is 4.79 Å². The molecule has 6 nitrogen and oxygen atoms in total. The molecule has 0 atom stereocenters. The van der Waals surface area contributed by atoms with Crippen LogP contribution in [0.1, 0.15) is 20.7 Å². The van der Waals surface area contributed by atoms with Gasteiger partial charge >= 0.3 is 5.97 Å². The normalized spacial score (nSPS) is 10.6. The predicted octanol–water partition coefficient (Wildman–Crippen LogP) is 4.51. The lowest BCUT2D eigenvalue weighted by Gasteiger charge is -2.07. The Bertz CT molecular complexity index is 1220. The van der Waals surface area contributed by atoms with Gasteiger partial charge in [0.2, 0.25) is 0 Å². The second-order valence-corrected chi connectivity index (χ2v) is 6.86. The molecule has 4 rings (SSSR count). The van der Waals surface area contributed by atoms with Crippen molar-refractivity contribution in [3.8, 4) is 22.7 Å². The van der Waals surface area contributed by atoms with E-state index in [1.807, 2.05) is 30.3 Å². The molecule has 0 saturated heterocycles. The Kier molecular flexibility index (Phi) is 5.32. The highest BCUT2D eigenvalue weighted by atomic mass is 35.5. The molecule has 0 aliphatic heterocycles. The van der Waals surface area contributed by atoms with Crippen molar-refractivity contribution in [3.05, 3.63) is 101 Å². The molecule has 0 fully saturated rings. The molecule has 1 amide bonds. The third kappa shape index (κ3) is 3.94. The number of para-hydroxylation sites is 2. The molecule has 1 aromatic heterocycles. The first-order valence-corrected chi connectivity index (χ1v) is 9.43. The zero-order valence-electron chi connectivity index (χ0n) is 15.7. The number of ether oxygens (including phenoxy) is 1. The average Bonchev–Trinajstić information content (AvgIpc) is 3.21. The molecule has 7 heteroatoms. The van der Waals surface area contributed by atoms with Crippen molar-refractivity contribution in [2.75, 3.05) is 0 Å². The van der Waals surface area contributed by atoms with Crippen LogP contribution in [0.2, 0.25) is 5.02 Å². The Balaban J connectivity index is 1.78. The topological polar surface area (TPSA) is 87.2 Å². The fourth-order valence-electron chi connectivity index (χ4n) is 2.97. The van der Waals surface area contributed by atoms with E-state index in [0.717, 1.165) is 5.69 Å². The van der Waals surface area contributed by atoms with Gasteiger partial charge in [0, 0.05) is 16.8 Å². The summed E-state index contributed by atoms with van der Waals surface area (Å²) >= 11 is 6.00. The number of amides is 1. The summed E-state index contributed by atoms with van der Waals surface area (Å²) in [5.74, 6) is -1.25. The Labute approximate surface area is 177 Å². The van der Waals surface area contributed by atoms with Gasteiger partial charge in [-0.1, -0.05) is 54.1 Å². The second kappa shape index (κ2) is 8.23. The first-order valence-electron chi connectivity index (χ1n) is 9.05. The number of esters is 1. The van der Waals surface area contributed by atoms with E-state index in [1.165, 1.54) is 12.1 Å². The van der Waals surface area contributed by atoms with E-state index >= 15 is 0 Å². The van der Waals surface area contributed by atoms with E-state index in [1.54, 1.807) is 47.3 Å². The van der Waals surface area contributed by atoms with Crippen LogP contribution in [-0.2, 0) is 0 Å². The number of rotatable bonds is 5. The van der Waals surface area contributed by atoms with Crippen molar-refractivity contribution in [1.29, 1.82) is 0 Å². The number of carbonyl (C=O) groups is 2. The van der Waals surface area contributed by atoms with Crippen LogP contribution in [0.5, 0.6) is 5.75 Å². The van der Waals surface area contributed by atoms with Crippen molar-refractivity contribution in [1.82, 2.24) is 9.78 Å². The van der Waals surface area contributed by atoms with Gasteiger partial charge < -0.3 is 10.5 Å². The number of benzene rings is 3. The molecule has 30 heavy (non-hydrogen) atoms. The van der Waals surface area contributed by atoms with Crippen LogP contribution >= 0.6 is 11.6 Å². The molecule has 0 bridgehead atoms. The summed E-state index contributed by atoms with van der Waals surface area (Å²) in [5, 5.41) is 5.15. The molecule has 0 unspecified atom stereocenters. The van der Waals surface area contributed by atoms with Gasteiger partial charge in [0.05, 0.1) is 11.3 Å². The Morgan fingerprint density at radius 3 is 2.23 bits per heavy atom. The molecular formula is C23H16ClN3O3. The molecule has 0 aliphatic carbocycles. The molecule has 148 valence electrons. The number of hydrogen-bond donors (Lipinski definition) is 1. The van der Waals surface area contributed by atoms with Crippen LogP contribution < -0.4 is 10.5 Å². The van der Waals surface area contributed by atoms with E-state index in [0.29, 0.717) is 16.3 Å². The quantitative estimate of drug-likeness (QED) is 0.382. The van der Waals surface area contributed by atoms with Crippen LogP contribution in [-0.4, -0.2) is 21.7 Å². The maximum absolute atomic E-state index is 13.0. The molecule has 3 aromatic carbocycles. The lowest BCUT2D eigenvalue weighted by atomic mass is 10.1. The number of aromatic nitrogens is 2. The van der Waals surface area contributed by atoms with Crippen LogP contribution in [0.3, 0.4) is 0 Å². The fourth-order valence-corrected chi connectivity index (χ4v) is 3.10. The number of carbonyl (C=O) groups excluding carboxylic acids is 2. The summed E-state index contributed by atoms with van der Waals surface area (Å²) in [4.78, 5) is 24.7. The predicted molar refractivity (Wildman–Crippen MR) is 114 cm³/mol. The number of primary amides is 1. The summed E-state index contributed by atoms with van der Waals surface area (Å²) in [7, 11) is 0. The Hall–Kier alpha value is -3.90. The van der Waals surface area contributed by atoms with E-state index in [4.69, 9.17) is 22.1 Å². The Morgan fingerprint density at radius 2 is 1.53 bits per heavy atom. The molecule has 2 N–H and O–H groups in total. The molecule has 0 saturated carbocycles. The van der Waals surface area contributed by atoms with Crippen molar-refractivity contribution >= 4 is 23.5 Å². The molecule has 0 aliphatic rings. The second-order valence-electron chi connectivity index (χ2n) is 6.43. The van der Waals surface area contributed by atoms with E-state index < -0.39 is 11.9 Å². The van der Waals surface area contributed by atoms with Crippen LogP contribution in [0.25, 0.3) is 16.9 Å². The average molecular weight is 418 g/mol. The van der Waals surface area contributed by atoms with Gasteiger partial charge in [-0.2, -0.15) is 5.10 Å². The van der Waals surface area contributed by atoms with Crippen molar-refractivity contribution in [2.45, 2.75) is 0 Å². The highest BCUT2D eigenvalue weighted by Crippen LogP contribution is 2.27. The van der Waals surface area contributed by atoms with Gasteiger partial charge in [0.1, 0.15) is 17.0 Å². The maximum Gasteiger partial charge on any atom is 0.347 e. The zero-order chi connectivity index (χ0) is 21.1. The maximum atomic E-state index is 13.0. The minimum absolute atomic E-state index is 0.0875. The van der Waals surface area contributed by atoms with E-state index in [9.17, 15) is 9.59 Å². The smallest absolute Gasteiger partial charge is 0.347 e. The van der Waals surface area contributed by atoms with E-state index in [-0.39, 0.29) is 16.9 Å². The molecule has 1 heterocycles. The summed E-state index contributed by atoms with van der Waals surface area (Å²) in [6, 6.07) is 22.7. The Morgan fingerprint density at radius 1 is 0.867 bits per heavy atom. The van der Waals surface area contributed by atoms with Crippen molar-refractivity contribution in [3.63, 3.8) is 0 Å². The van der Waals surface area contributed by atoms with Crippen LogP contribution in [0, 0.1) is 0 Å². The number of nitrogens with zero attached hydrogens (tertiary/aromatic N) is 2. The SMILES string of the molecule is NC(=O)c1ccccc1OC(=O)c1cn(-c2ccccc2)nc1-c1ccc(Cl)cc1. The first kappa shape index (κ1) is 19.4. The summed E-state index contributed by atoms with van der Waals surface area (Å²) in [6.45, 7) is 0. The van der Waals surface area contributed by atoms with E-state index in [2.05, 4.69) is 5.10 Å². The lowest BCUT2D eigenvalue weighted by Crippen LogP contribution is -2.16. The number of halogens is 1. The van der Waals surface area contributed by atoms with Gasteiger partial charge in [0.15, 0.2) is 0 Å². The monoisotopic (exact) mass is 417 g/mol. The number of hydrogen-bond acceptors (Lipinski definition) is 4. The zero-order valence-corrected chi connectivity index (χ0v) is 16.4. The summed E-state index contributed by atoms with van der Waals surface area (Å²) in [6.07, 6.45) is 1.59. The minimum atomic E-state index is -0.684. The standard InChI is InChI=1S/C23H16ClN3O3/c24-16-12-10-15(11-13-16)21-19(14-27(26-21)17-6-2-1-3-7-17)23(29)30-20-9-5-4-8-18(20)22(25)28/h1-14H,(H2,25,28). The minimum Gasteiger partial charge on any atom is -0.422 e. The summed E-state index contributed by atoms with van der Waals surface area (Å²) < 4.78 is 7.11. The fraction of sp³-hybridized carbons (Fsp3) is 0. The largest absolute Gasteiger partial charge is 0.422 e. The molecule has 0 radical (unpaired) electrons. The van der Waals surface area contributed by atoms with Gasteiger partial charge in [-0.25, -0.2) is 9.48 Å². The van der Waals surface area contributed by atoms with Gasteiger partial charge in [-0.15, -0.1) is 0 Å². The molecular weight excluding hydrogens is 402 g/mol. The molecule has 4 aromatic rings. The number of nitrogens with two attached hydrogens (primary N) is 1. The first-order chi connectivity index (χ1) is 14.5. The summed E-state index contributed by atoms with van der Waals surface area (Å²) in [5.41, 5.74) is 7.65. The van der Waals surface area contributed by atoms with Gasteiger partial charge in [-0.05, 0) is 36.4 Å². The van der Waals surface area contributed by atoms with Crippen molar-refractivity contribution < 1.29 is 14.3 Å². The van der Waals surface area contributed by atoms with Crippen molar-refractivity contribution in [2.24, 2.45) is 5.73 Å². The van der Waals surface area contributed by atoms with Crippen LogP contribution in [0.4, 0.5) is 0 Å². The lowest BCUT2D eigenvalue weighted by molar-refractivity contribution is 0.0733. The third-order valence-corrected chi connectivity index (χ3v) is 4.68. The van der Waals surface area contributed by atoms with Crippen LogP contribution in [0.15, 0.2) is 85.1 Å². The third-order valence-electron chi connectivity index (χ3n) is 4.43. The highest BCUT2D eigenvalue weighted by molar-refractivity contribution is 6.30. The highest BCUT2D eigenvalue weighted by Gasteiger charge is 2.22.